The van der Waals surface area contributed by atoms with Crippen molar-refractivity contribution in [2.75, 3.05) is 25.4 Å². The lowest BCUT2D eigenvalue weighted by Crippen LogP contribution is -2.29. The number of morpholine rings is 1. The van der Waals surface area contributed by atoms with Crippen molar-refractivity contribution in [1.82, 2.24) is 5.32 Å². The Kier molecular flexibility index (Phi) is 3.54. The Bertz CT molecular complexity index is 399. The van der Waals surface area contributed by atoms with E-state index in [9.17, 15) is 0 Å². The molecule has 1 fully saturated rings. The van der Waals surface area contributed by atoms with Crippen molar-refractivity contribution in [2.24, 2.45) is 0 Å². The van der Waals surface area contributed by atoms with Gasteiger partial charge >= 0.3 is 0 Å². The Labute approximate surface area is 99.0 Å². The van der Waals surface area contributed by atoms with Crippen LogP contribution in [0.15, 0.2) is 30.2 Å². The zero-order valence-corrected chi connectivity index (χ0v) is 9.46. The lowest BCUT2D eigenvalue weighted by Gasteiger charge is -2.17. The van der Waals surface area contributed by atoms with E-state index in [1.165, 1.54) is 0 Å². The van der Waals surface area contributed by atoms with E-state index in [1.54, 1.807) is 24.5 Å². The largest absolute Gasteiger partial charge is 0.492 e. The second kappa shape index (κ2) is 5.09. The summed E-state index contributed by atoms with van der Waals surface area (Å²) in [6.07, 6.45) is 1.56. The molecule has 1 aromatic carbocycles. The summed E-state index contributed by atoms with van der Waals surface area (Å²) in [7, 11) is 0. The molecule has 0 amide bonds. The SMILES string of the molecule is Nc1cc(Cl)ccc1OC=C1CNCCO1. The summed E-state index contributed by atoms with van der Waals surface area (Å²) < 4.78 is 10.8. The molecule has 1 aromatic rings. The minimum Gasteiger partial charge on any atom is -0.492 e. The second-order valence-electron chi connectivity index (χ2n) is 3.41. The molecule has 4 nitrogen and oxygen atoms in total. The highest BCUT2D eigenvalue weighted by atomic mass is 35.5. The molecule has 2 rings (SSSR count). The van der Waals surface area contributed by atoms with E-state index in [0.717, 1.165) is 12.3 Å². The fraction of sp³-hybridized carbons (Fsp3) is 0.273. The summed E-state index contributed by atoms with van der Waals surface area (Å²) in [4.78, 5) is 0. The van der Waals surface area contributed by atoms with E-state index >= 15 is 0 Å². The molecular formula is C11H13ClN2O2. The van der Waals surface area contributed by atoms with Gasteiger partial charge in [-0.05, 0) is 18.2 Å². The molecule has 0 radical (unpaired) electrons. The van der Waals surface area contributed by atoms with Gasteiger partial charge in [0.2, 0.25) is 0 Å². The number of hydrogen-bond donors (Lipinski definition) is 2. The van der Waals surface area contributed by atoms with Gasteiger partial charge in [0.15, 0.2) is 0 Å². The van der Waals surface area contributed by atoms with Crippen LogP contribution in [0.1, 0.15) is 0 Å². The van der Waals surface area contributed by atoms with Gasteiger partial charge in [-0.2, -0.15) is 0 Å². The quantitative estimate of drug-likeness (QED) is 0.611. The van der Waals surface area contributed by atoms with Crippen LogP contribution in [0.3, 0.4) is 0 Å². The van der Waals surface area contributed by atoms with Crippen LogP contribution < -0.4 is 15.8 Å². The smallest absolute Gasteiger partial charge is 0.149 e. The molecule has 0 aromatic heterocycles. The molecular weight excluding hydrogens is 228 g/mol. The maximum Gasteiger partial charge on any atom is 0.149 e. The Morgan fingerprint density at radius 2 is 2.38 bits per heavy atom. The predicted octanol–water partition coefficient (Wildman–Crippen LogP) is 1.76. The summed E-state index contributed by atoms with van der Waals surface area (Å²) in [6.45, 7) is 2.19. The molecule has 0 unspecified atom stereocenters. The standard InChI is InChI=1S/C11H13ClN2O2/c12-8-1-2-11(10(13)5-8)16-7-9-6-14-3-4-15-9/h1-2,5,7,14H,3-4,6,13H2. The molecule has 1 saturated heterocycles. The molecule has 1 aliphatic heterocycles. The van der Waals surface area contributed by atoms with Crippen molar-refractivity contribution in [3.8, 4) is 5.75 Å². The predicted molar refractivity (Wildman–Crippen MR) is 63.4 cm³/mol. The van der Waals surface area contributed by atoms with Crippen LogP contribution in [-0.4, -0.2) is 19.7 Å². The van der Waals surface area contributed by atoms with E-state index < -0.39 is 0 Å². The first kappa shape index (κ1) is 11.1. The third-order valence-electron chi connectivity index (χ3n) is 2.15. The lowest BCUT2D eigenvalue weighted by atomic mass is 10.3. The van der Waals surface area contributed by atoms with Crippen LogP contribution >= 0.6 is 11.6 Å². The van der Waals surface area contributed by atoms with E-state index in [0.29, 0.717) is 29.6 Å². The van der Waals surface area contributed by atoms with Gasteiger partial charge in [0.25, 0.3) is 0 Å². The average Bonchev–Trinajstić information content (AvgIpc) is 2.29. The summed E-state index contributed by atoms with van der Waals surface area (Å²) in [5, 5.41) is 3.76. The third kappa shape index (κ3) is 2.81. The highest BCUT2D eigenvalue weighted by molar-refractivity contribution is 6.30. The van der Waals surface area contributed by atoms with Gasteiger partial charge in [-0.15, -0.1) is 0 Å². The van der Waals surface area contributed by atoms with E-state index in [2.05, 4.69) is 5.32 Å². The average molecular weight is 241 g/mol. The fourth-order valence-corrected chi connectivity index (χ4v) is 1.53. The highest BCUT2D eigenvalue weighted by Gasteiger charge is 2.06. The molecule has 3 N–H and O–H groups in total. The van der Waals surface area contributed by atoms with Crippen LogP contribution in [0, 0.1) is 0 Å². The second-order valence-corrected chi connectivity index (χ2v) is 3.85. The van der Waals surface area contributed by atoms with Crippen LogP contribution in [0.2, 0.25) is 5.02 Å². The first-order chi connectivity index (χ1) is 7.75. The lowest BCUT2D eigenvalue weighted by molar-refractivity contribution is 0.168. The molecule has 0 aliphatic carbocycles. The maximum atomic E-state index is 5.78. The van der Waals surface area contributed by atoms with Gasteiger partial charge in [-0.1, -0.05) is 11.6 Å². The van der Waals surface area contributed by atoms with Gasteiger partial charge in [0, 0.05) is 11.6 Å². The normalized spacial score (nSPS) is 18.2. The number of halogens is 1. The van der Waals surface area contributed by atoms with Gasteiger partial charge in [-0.3, -0.25) is 0 Å². The van der Waals surface area contributed by atoms with Crippen LogP contribution in [0.5, 0.6) is 5.75 Å². The third-order valence-corrected chi connectivity index (χ3v) is 2.39. The maximum absolute atomic E-state index is 5.78. The van der Waals surface area contributed by atoms with Crippen molar-refractivity contribution >= 4 is 17.3 Å². The molecule has 0 atom stereocenters. The van der Waals surface area contributed by atoms with Gasteiger partial charge in [0.05, 0.1) is 12.2 Å². The van der Waals surface area contributed by atoms with Crippen LogP contribution in [0.25, 0.3) is 0 Å². The molecule has 1 heterocycles. The van der Waals surface area contributed by atoms with E-state index in [1.807, 2.05) is 0 Å². The summed E-state index contributed by atoms with van der Waals surface area (Å²) in [6, 6.07) is 5.10. The molecule has 0 bridgehead atoms. The minimum atomic E-state index is 0.508. The zero-order valence-electron chi connectivity index (χ0n) is 8.70. The number of anilines is 1. The van der Waals surface area contributed by atoms with E-state index in [-0.39, 0.29) is 0 Å². The first-order valence-corrected chi connectivity index (χ1v) is 5.38. The highest BCUT2D eigenvalue weighted by Crippen LogP contribution is 2.25. The topological polar surface area (TPSA) is 56.5 Å². The number of nitrogens with two attached hydrogens (primary N) is 1. The van der Waals surface area contributed by atoms with Crippen LogP contribution in [-0.2, 0) is 4.74 Å². The monoisotopic (exact) mass is 240 g/mol. The van der Waals surface area contributed by atoms with Gasteiger partial charge in [-0.25, -0.2) is 0 Å². The van der Waals surface area contributed by atoms with Crippen molar-refractivity contribution in [1.29, 1.82) is 0 Å². The Morgan fingerprint density at radius 1 is 1.50 bits per heavy atom. The Hall–Kier alpha value is -1.39. The number of ether oxygens (including phenoxy) is 2. The summed E-state index contributed by atoms with van der Waals surface area (Å²) in [5.74, 6) is 1.34. The fourth-order valence-electron chi connectivity index (χ4n) is 1.35. The van der Waals surface area contributed by atoms with E-state index in [4.69, 9.17) is 26.8 Å². The number of rotatable bonds is 2. The van der Waals surface area contributed by atoms with Crippen molar-refractivity contribution in [3.63, 3.8) is 0 Å². The minimum absolute atomic E-state index is 0.508. The zero-order chi connectivity index (χ0) is 11.4. The molecule has 86 valence electrons. The number of nitrogen functional groups attached to an aromatic ring is 1. The van der Waals surface area contributed by atoms with Gasteiger partial charge < -0.3 is 20.5 Å². The molecule has 0 spiro atoms. The molecule has 5 heteroatoms. The number of benzene rings is 1. The van der Waals surface area contributed by atoms with Crippen molar-refractivity contribution < 1.29 is 9.47 Å². The summed E-state index contributed by atoms with van der Waals surface area (Å²) in [5.41, 5.74) is 6.25. The molecule has 0 saturated carbocycles. The van der Waals surface area contributed by atoms with Gasteiger partial charge in [0.1, 0.15) is 24.4 Å². The summed E-state index contributed by atoms with van der Waals surface area (Å²) >= 11 is 5.78. The first-order valence-electron chi connectivity index (χ1n) is 5.00. The van der Waals surface area contributed by atoms with Crippen molar-refractivity contribution in [2.45, 2.75) is 0 Å². The Balaban J connectivity index is 2.03. The number of nitrogens with one attached hydrogen (secondary N) is 1. The molecule has 1 aliphatic rings. The molecule has 16 heavy (non-hydrogen) atoms. The van der Waals surface area contributed by atoms with Crippen molar-refractivity contribution in [3.05, 3.63) is 35.2 Å². The number of hydrogen-bond acceptors (Lipinski definition) is 4. The van der Waals surface area contributed by atoms with Crippen LogP contribution in [0.4, 0.5) is 5.69 Å². The Morgan fingerprint density at radius 3 is 3.06 bits per heavy atom.